The van der Waals surface area contributed by atoms with Crippen molar-refractivity contribution >= 4 is 17.8 Å². The topological polar surface area (TPSA) is 100 Å². The van der Waals surface area contributed by atoms with E-state index in [2.05, 4.69) is 10.6 Å². The highest BCUT2D eigenvalue weighted by molar-refractivity contribution is 7.99. The van der Waals surface area contributed by atoms with Gasteiger partial charge in [0.15, 0.2) is 6.29 Å². The molecule has 0 unspecified atom stereocenters. The van der Waals surface area contributed by atoms with Gasteiger partial charge in [-0.1, -0.05) is 78.9 Å². The molecule has 8 heteroatoms. The summed E-state index contributed by atoms with van der Waals surface area (Å²) in [5.41, 5.74) is 4.84. The van der Waals surface area contributed by atoms with Gasteiger partial charge in [0.2, 0.25) is 0 Å². The predicted octanol–water partition coefficient (Wildman–Crippen LogP) is 4.45. The van der Waals surface area contributed by atoms with Crippen LogP contribution in [0.2, 0.25) is 0 Å². The zero-order valence-corrected chi connectivity index (χ0v) is 21.5. The van der Waals surface area contributed by atoms with Gasteiger partial charge in [0, 0.05) is 36.6 Å². The number of hydrogen-bond donors (Lipinski definition) is 4. The number of amides is 2. The minimum Gasteiger partial charge on any atom is -0.396 e. The lowest BCUT2D eigenvalue weighted by atomic mass is 10.0. The average Bonchev–Trinajstić information content (AvgIpc) is 2.96. The second kappa shape index (κ2) is 14.2. The normalized spacial score (nSPS) is 19.4. The minimum absolute atomic E-state index is 0.00779. The maximum Gasteiger partial charge on any atom is 0.315 e. The fourth-order valence-corrected chi connectivity index (χ4v) is 4.89. The molecule has 2 amide bonds. The Morgan fingerprint density at radius 1 is 0.811 bits per heavy atom. The summed E-state index contributed by atoms with van der Waals surface area (Å²) in [6.45, 7) is 1.04. The third-order valence-electron chi connectivity index (χ3n) is 6.16. The quantitative estimate of drug-likeness (QED) is 0.278. The molecule has 1 heterocycles. The van der Waals surface area contributed by atoms with Gasteiger partial charge in [-0.2, -0.15) is 11.8 Å². The summed E-state index contributed by atoms with van der Waals surface area (Å²) >= 11 is 1.66. The van der Waals surface area contributed by atoms with E-state index in [0.29, 0.717) is 25.3 Å². The van der Waals surface area contributed by atoms with Gasteiger partial charge in [-0.15, -0.1) is 0 Å². The Kier molecular flexibility index (Phi) is 10.4. The summed E-state index contributed by atoms with van der Waals surface area (Å²) in [5.74, 6) is 1.44. The van der Waals surface area contributed by atoms with Crippen LogP contribution < -0.4 is 10.6 Å². The lowest BCUT2D eigenvalue weighted by Crippen LogP contribution is -2.34. The van der Waals surface area contributed by atoms with Crippen molar-refractivity contribution in [3.8, 4) is 0 Å². The van der Waals surface area contributed by atoms with Gasteiger partial charge in [-0.05, 0) is 22.3 Å². The molecule has 1 fully saturated rings. The number of nitrogens with one attached hydrogen (secondary N) is 2. The first-order chi connectivity index (χ1) is 18.1. The number of benzene rings is 3. The lowest BCUT2D eigenvalue weighted by Gasteiger charge is -2.36. The van der Waals surface area contributed by atoms with Crippen LogP contribution in [0.15, 0.2) is 78.9 Å². The molecule has 3 atom stereocenters. The SMILES string of the molecule is O=C(NCc1ccccc1)NCc1ccc([C@@H]2O[C@H](CSCCO)C[C@H](c3ccc(CO)cc3)O2)cc1. The van der Waals surface area contributed by atoms with Gasteiger partial charge < -0.3 is 30.3 Å². The second-order valence-electron chi connectivity index (χ2n) is 8.91. The fraction of sp³-hybridized carbons (Fsp3) is 0.345. The molecule has 1 aliphatic heterocycles. The van der Waals surface area contributed by atoms with Crippen LogP contribution in [0.5, 0.6) is 0 Å². The number of carbonyl (C=O) groups excluding carboxylic acids is 1. The zero-order valence-electron chi connectivity index (χ0n) is 20.7. The van der Waals surface area contributed by atoms with Crippen LogP contribution in [0.4, 0.5) is 4.79 Å². The maximum atomic E-state index is 12.2. The Morgan fingerprint density at radius 3 is 2.08 bits per heavy atom. The molecule has 3 aromatic carbocycles. The second-order valence-corrected chi connectivity index (χ2v) is 10.1. The van der Waals surface area contributed by atoms with E-state index in [4.69, 9.17) is 14.6 Å². The zero-order chi connectivity index (χ0) is 25.9. The van der Waals surface area contributed by atoms with Crippen molar-refractivity contribution in [3.63, 3.8) is 0 Å². The molecule has 0 bridgehead atoms. The van der Waals surface area contributed by atoms with Crippen LogP contribution in [0.1, 0.15) is 46.6 Å². The first-order valence-electron chi connectivity index (χ1n) is 12.5. The maximum absolute atomic E-state index is 12.2. The summed E-state index contributed by atoms with van der Waals surface area (Å²) in [6.07, 6.45) is 0.0357. The Balaban J connectivity index is 1.35. The van der Waals surface area contributed by atoms with Gasteiger partial charge in [0.05, 0.1) is 25.4 Å². The molecule has 7 nitrogen and oxygen atoms in total. The monoisotopic (exact) mass is 522 g/mol. The number of aliphatic hydroxyl groups is 2. The van der Waals surface area contributed by atoms with Crippen molar-refractivity contribution in [1.29, 1.82) is 0 Å². The van der Waals surface area contributed by atoms with Crippen molar-refractivity contribution in [3.05, 3.63) is 107 Å². The lowest BCUT2D eigenvalue weighted by molar-refractivity contribution is -0.245. The van der Waals surface area contributed by atoms with Crippen molar-refractivity contribution < 1.29 is 24.5 Å². The summed E-state index contributed by atoms with van der Waals surface area (Å²) in [6, 6.07) is 25.3. The van der Waals surface area contributed by atoms with Crippen LogP contribution in [0, 0.1) is 0 Å². The first-order valence-corrected chi connectivity index (χ1v) is 13.6. The van der Waals surface area contributed by atoms with E-state index >= 15 is 0 Å². The largest absolute Gasteiger partial charge is 0.396 e. The van der Waals surface area contributed by atoms with E-state index in [9.17, 15) is 9.90 Å². The van der Waals surface area contributed by atoms with Crippen molar-refractivity contribution in [1.82, 2.24) is 10.6 Å². The molecule has 196 valence electrons. The number of ether oxygens (including phenoxy) is 2. The van der Waals surface area contributed by atoms with Crippen LogP contribution in [-0.2, 0) is 29.2 Å². The van der Waals surface area contributed by atoms with Crippen molar-refractivity contribution in [2.24, 2.45) is 0 Å². The number of carbonyl (C=O) groups is 1. The third-order valence-corrected chi connectivity index (χ3v) is 7.23. The fourth-order valence-electron chi connectivity index (χ4n) is 4.12. The smallest absolute Gasteiger partial charge is 0.315 e. The standard InChI is InChI=1S/C29H34N2O5S/c32-14-15-37-20-26-16-27(24-10-8-23(19-33)9-11-24)36-28(35-26)25-12-6-22(7-13-25)18-31-29(34)30-17-21-4-2-1-3-5-21/h1-13,26-28,32-33H,14-20H2,(H2,30,31,34)/t26-,27+,28+/m0/s1. The van der Waals surface area contributed by atoms with Crippen LogP contribution >= 0.6 is 11.8 Å². The number of rotatable bonds is 11. The Hall–Kier alpha value is -2.88. The molecule has 3 aromatic rings. The summed E-state index contributed by atoms with van der Waals surface area (Å²) < 4.78 is 12.6. The highest BCUT2D eigenvalue weighted by Gasteiger charge is 2.32. The molecule has 0 aromatic heterocycles. The van der Waals surface area contributed by atoms with E-state index in [0.717, 1.165) is 33.6 Å². The van der Waals surface area contributed by atoms with Crippen molar-refractivity contribution in [2.75, 3.05) is 18.1 Å². The number of aliphatic hydroxyl groups excluding tert-OH is 2. The summed E-state index contributed by atoms with van der Waals surface area (Å²) in [7, 11) is 0. The molecule has 1 saturated heterocycles. The molecule has 4 N–H and O–H groups in total. The van der Waals surface area contributed by atoms with Crippen molar-refractivity contribution in [2.45, 2.75) is 44.6 Å². The average molecular weight is 523 g/mol. The molecular formula is C29H34N2O5S. The molecule has 0 radical (unpaired) electrons. The molecular weight excluding hydrogens is 488 g/mol. The number of hydrogen-bond acceptors (Lipinski definition) is 6. The van der Waals surface area contributed by atoms with Gasteiger partial charge in [-0.25, -0.2) is 4.79 Å². The molecule has 0 spiro atoms. The highest BCUT2D eigenvalue weighted by Crippen LogP contribution is 2.38. The summed E-state index contributed by atoms with van der Waals surface area (Å²) in [4.78, 5) is 12.2. The molecule has 1 aliphatic rings. The molecule has 0 aliphatic carbocycles. The minimum atomic E-state index is -0.521. The third kappa shape index (κ3) is 8.31. The molecule has 0 saturated carbocycles. The van der Waals surface area contributed by atoms with Gasteiger partial charge in [0.1, 0.15) is 0 Å². The van der Waals surface area contributed by atoms with E-state index in [1.807, 2.05) is 78.9 Å². The Labute approximate surface area is 222 Å². The number of urea groups is 1. The number of thioether (sulfide) groups is 1. The highest BCUT2D eigenvalue weighted by atomic mass is 32.2. The predicted molar refractivity (Wildman–Crippen MR) is 145 cm³/mol. The Bertz CT molecular complexity index is 1100. The molecule has 37 heavy (non-hydrogen) atoms. The van der Waals surface area contributed by atoms with E-state index in [1.165, 1.54) is 0 Å². The summed E-state index contributed by atoms with van der Waals surface area (Å²) in [5, 5.41) is 24.3. The van der Waals surface area contributed by atoms with Crippen LogP contribution in [0.3, 0.4) is 0 Å². The van der Waals surface area contributed by atoms with E-state index < -0.39 is 6.29 Å². The first kappa shape index (κ1) is 27.2. The van der Waals surface area contributed by atoms with Gasteiger partial charge in [0.25, 0.3) is 0 Å². The van der Waals surface area contributed by atoms with E-state index in [-0.39, 0.29) is 31.5 Å². The van der Waals surface area contributed by atoms with Crippen LogP contribution in [-0.4, -0.2) is 40.5 Å². The molecule has 4 rings (SSSR count). The van der Waals surface area contributed by atoms with Crippen LogP contribution in [0.25, 0.3) is 0 Å². The van der Waals surface area contributed by atoms with E-state index in [1.54, 1.807) is 11.8 Å². The van der Waals surface area contributed by atoms with Gasteiger partial charge >= 0.3 is 6.03 Å². The van der Waals surface area contributed by atoms with Gasteiger partial charge in [-0.3, -0.25) is 0 Å². The Morgan fingerprint density at radius 2 is 1.43 bits per heavy atom.